The Labute approximate surface area is 121 Å². The lowest BCUT2D eigenvalue weighted by atomic mass is 10.1. The highest BCUT2D eigenvalue weighted by atomic mass is 16.5. The summed E-state index contributed by atoms with van der Waals surface area (Å²) in [6.07, 6.45) is 7.76. The van der Waals surface area contributed by atoms with Gasteiger partial charge >= 0.3 is 0 Å². The number of carbonyl (C=O) groups excluding carboxylic acids is 1. The van der Waals surface area contributed by atoms with Gasteiger partial charge in [-0.25, -0.2) is 0 Å². The average Bonchev–Trinajstić information content (AvgIpc) is 2.68. The van der Waals surface area contributed by atoms with Crippen LogP contribution >= 0.6 is 0 Å². The molecule has 20 heavy (non-hydrogen) atoms. The standard InChI is InChI=1S/C17H23NO2/c1-2-12-20-16-10-8-15(9-11-16)18-13-14-6-4-3-5-7-17(14)19/h8-11,13,18H,2-7,12H2,1H3. The minimum absolute atomic E-state index is 0.290. The van der Waals surface area contributed by atoms with Crippen molar-refractivity contribution in [1.82, 2.24) is 0 Å². The van der Waals surface area contributed by atoms with Crippen LogP contribution in [0.4, 0.5) is 5.69 Å². The SMILES string of the molecule is CCCOc1ccc(NC=C2CCCCCC2=O)cc1. The Balaban J connectivity index is 1.93. The second kappa shape index (κ2) is 7.73. The molecule has 1 aliphatic rings. The first-order valence-corrected chi connectivity index (χ1v) is 7.51. The van der Waals surface area contributed by atoms with Crippen LogP contribution < -0.4 is 10.1 Å². The smallest absolute Gasteiger partial charge is 0.160 e. The average molecular weight is 273 g/mol. The Hall–Kier alpha value is -1.77. The topological polar surface area (TPSA) is 38.3 Å². The summed E-state index contributed by atoms with van der Waals surface area (Å²) in [6, 6.07) is 7.85. The van der Waals surface area contributed by atoms with E-state index in [0.717, 1.165) is 55.7 Å². The van der Waals surface area contributed by atoms with Crippen LogP contribution in [0.15, 0.2) is 36.0 Å². The van der Waals surface area contributed by atoms with E-state index in [1.54, 1.807) is 0 Å². The molecule has 1 N–H and O–H groups in total. The number of ketones is 1. The predicted molar refractivity (Wildman–Crippen MR) is 82.0 cm³/mol. The molecule has 2 rings (SSSR count). The van der Waals surface area contributed by atoms with Crippen LogP contribution in [0.2, 0.25) is 0 Å². The van der Waals surface area contributed by atoms with Gasteiger partial charge in [-0.2, -0.15) is 0 Å². The van der Waals surface area contributed by atoms with Crippen molar-refractivity contribution in [2.75, 3.05) is 11.9 Å². The third kappa shape index (κ3) is 4.41. The quantitative estimate of drug-likeness (QED) is 0.642. The fourth-order valence-electron chi connectivity index (χ4n) is 2.27. The molecule has 0 heterocycles. The van der Waals surface area contributed by atoms with E-state index in [2.05, 4.69) is 12.2 Å². The van der Waals surface area contributed by atoms with Gasteiger partial charge in [-0.3, -0.25) is 4.79 Å². The first-order valence-electron chi connectivity index (χ1n) is 7.51. The maximum absolute atomic E-state index is 11.9. The van der Waals surface area contributed by atoms with Gasteiger partial charge in [0.2, 0.25) is 0 Å². The van der Waals surface area contributed by atoms with Crippen molar-refractivity contribution in [2.24, 2.45) is 0 Å². The number of carbonyl (C=O) groups is 1. The normalized spacial score (nSPS) is 17.9. The summed E-state index contributed by atoms with van der Waals surface area (Å²) in [5.74, 6) is 1.17. The van der Waals surface area contributed by atoms with Crippen molar-refractivity contribution in [3.63, 3.8) is 0 Å². The lowest BCUT2D eigenvalue weighted by Crippen LogP contribution is -2.02. The van der Waals surface area contributed by atoms with Gasteiger partial charge in [-0.1, -0.05) is 13.3 Å². The molecule has 0 aliphatic heterocycles. The zero-order valence-electron chi connectivity index (χ0n) is 12.2. The highest BCUT2D eigenvalue weighted by molar-refractivity contribution is 5.95. The molecule has 0 spiro atoms. The van der Waals surface area contributed by atoms with E-state index in [1.165, 1.54) is 0 Å². The lowest BCUT2D eigenvalue weighted by Gasteiger charge is -2.07. The maximum Gasteiger partial charge on any atom is 0.160 e. The van der Waals surface area contributed by atoms with Crippen LogP contribution in [0.25, 0.3) is 0 Å². The van der Waals surface area contributed by atoms with Crippen LogP contribution in [-0.4, -0.2) is 12.4 Å². The largest absolute Gasteiger partial charge is 0.494 e. The molecule has 1 fully saturated rings. The number of nitrogens with one attached hydrogen (secondary N) is 1. The third-order valence-electron chi connectivity index (χ3n) is 3.45. The van der Waals surface area contributed by atoms with Gasteiger partial charge in [0.25, 0.3) is 0 Å². The molecule has 1 aromatic rings. The molecule has 1 saturated carbocycles. The van der Waals surface area contributed by atoms with Gasteiger partial charge in [0.1, 0.15) is 5.75 Å². The van der Waals surface area contributed by atoms with Gasteiger partial charge in [-0.15, -0.1) is 0 Å². The van der Waals surface area contributed by atoms with E-state index < -0.39 is 0 Å². The summed E-state index contributed by atoms with van der Waals surface area (Å²) in [7, 11) is 0. The Morgan fingerprint density at radius 1 is 1.15 bits per heavy atom. The monoisotopic (exact) mass is 273 g/mol. The first-order chi connectivity index (χ1) is 9.79. The number of hydrogen-bond acceptors (Lipinski definition) is 3. The number of rotatable bonds is 5. The highest BCUT2D eigenvalue weighted by Gasteiger charge is 2.12. The molecule has 3 heteroatoms. The van der Waals surface area contributed by atoms with Crippen LogP contribution in [-0.2, 0) is 4.79 Å². The summed E-state index contributed by atoms with van der Waals surface area (Å²) >= 11 is 0. The summed E-state index contributed by atoms with van der Waals surface area (Å²) < 4.78 is 5.54. The number of hydrogen-bond donors (Lipinski definition) is 1. The van der Waals surface area contributed by atoms with Gasteiger partial charge in [-0.05, 0) is 49.9 Å². The molecular weight excluding hydrogens is 250 g/mol. The molecule has 0 atom stereocenters. The minimum Gasteiger partial charge on any atom is -0.494 e. The van der Waals surface area contributed by atoms with Crippen LogP contribution in [0.1, 0.15) is 45.4 Å². The van der Waals surface area contributed by atoms with E-state index in [4.69, 9.17) is 4.74 Å². The lowest BCUT2D eigenvalue weighted by molar-refractivity contribution is -0.115. The molecule has 3 nitrogen and oxygen atoms in total. The zero-order valence-corrected chi connectivity index (χ0v) is 12.2. The number of allylic oxidation sites excluding steroid dienone is 1. The van der Waals surface area contributed by atoms with Gasteiger partial charge in [0, 0.05) is 23.9 Å². The molecule has 108 valence electrons. The van der Waals surface area contributed by atoms with E-state index in [1.807, 2.05) is 30.5 Å². The van der Waals surface area contributed by atoms with Gasteiger partial charge in [0.15, 0.2) is 5.78 Å². The number of benzene rings is 1. The van der Waals surface area contributed by atoms with Gasteiger partial charge < -0.3 is 10.1 Å². The molecule has 0 aromatic heterocycles. The molecular formula is C17H23NO2. The zero-order chi connectivity index (χ0) is 14.2. The Kier molecular flexibility index (Phi) is 5.66. The van der Waals surface area contributed by atoms with E-state index in [0.29, 0.717) is 6.42 Å². The minimum atomic E-state index is 0.290. The number of anilines is 1. The predicted octanol–water partition coefficient (Wildman–Crippen LogP) is 4.30. The number of Topliss-reactive ketones (excluding diaryl/α,β-unsaturated/α-hetero) is 1. The molecule has 0 radical (unpaired) electrons. The fraction of sp³-hybridized carbons (Fsp3) is 0.471. The Bertz CT molecular complexity index is 462. The molecule has 1 aromatic carbocycles. The number of ether oxygens (including phenoxy) is 1. The van der Waals surface area contributed by atoms with Crippen molar-refractivity contribution in [1.29, 1.82) is 0 Å². The van der Waals surface area contributed by atoms with Crippen molar-refractivity contribution in [3.8, 4) is 5.75 Å². The Morgan fingerprint density at radius 2 is 1.90 bits per heavy atom. The highest BCUT2D eigenvalue weighted by Crippen LogP contribution is 2.20. The van der Waals surface area contributed by atoms with Crippen LogP contribution in [0, 0.1) is 0 Å². The fourth-order valence-corrected chi connectivity index (χ4v) is 2.27. The summed E-state index contributed by atoms with van der Waals surface area (Å²) in [6.45, 7) is 2.83. The molecule has 0 amide bonds. The van der Waals surface area contributed by atoms with E-state index in [-0.39, 0.29) is 5.78 Å². The Morgan fingerprint density at radius 3 is 2.65 bits per heavy atom. The second-order valence-corrected chi connectivity index (χ2v) is 5.17. The van der Waals surface area contributed by atoms with Crippen LogP contribution in [0.3, 0.4) is 0 Å². The molecule has 0 saturated heterocycles. The van der Waals surface area contributed by atoms with Crippen molar-refractivity contribution in [2.45, 2.75) is 45.4 Å². The molecule has 0 bridgehead atoms. The van der Waals surface area contributed by atoms with E-state index in [9.17, 15) is 4.79 Å². The third-order valence-corrected chi connectivity index (χ3v) is 3.45. The van der Waals surface area contributed by atoms with Crippen molar-refractivity contribution >= 4 is 11.5 Å². The summed E-state index contributed by atoms with van der Waals surface area (Å²) in [5, 5.41) is 3.22. The van der Waals surface area contributed by atoms with Crippen molar-refractivity contribution in [3.05, 3.63) is 36.0 Å². The summed E-state index contributed by atoms with van der Waals surface area (Å²) in [5.41, 5.74) is 1.91. The van der Waals surface area contributed by atoms with Crippen LogP contribution in [0.5, 0.6) is 5.75 Å². The first kappa shape index (κ1) is 14.6. The van der Waals surface area contributed by atoms with Crippen molar-refractivity contribution < 1.29 is 9.53 Å². The van der Waals surface area contributed by atoms with E-state index >= 15 is 0 Å². The second-order valence-electron chi connectivity index (χ2n) is 5.17. The summed E-state index contributed by atoms with van der Waals surface area (Å²) in [4.78, 5) is 11.9. The van der Waals surface area contributed by atoms with Gasteiger partial charge in [0.05, 0.1) is 6.61 Å². The molecule has 0 unspecified atom stereocenters. The molecule has 1 aliphatic carbocycles. The maximum atomic E-state index is 11.9.